The average molecular weight is 354 g/mol. The molecule has 1 aliphatic heterocycles. The second kappa shape index (κ2) is 11.7. The van der Waals surface area contributed by atoms with Crippen LogP contribution in [0.5, 0.6) is 0 Å². The number of methoxy groups -OCH3 is 1. The molecule has 1 heterocycles. The Balaban J connectivity index is 1.68. The maximum atomic E-state index is 5.12. The van der Waals surface area contributed by atoms with Crippen LogP contribution in [0.4, 0.5) is 0 Å². The number of rotatable bonds is 10. The summed E-state index contributed by atoms with van der Waals surface area (Å²) in [6.07, 6.45) is 7.95. The molecule has 2 rings (SSSR count). The molecule has 146 valence electrons. The fourth-order valence-electron chi connectivity index (χ4n) is 3.91. The van der Waals surface area contributed by atoms with Gasteiger partial charge in [0, 0.05) is 51.9 Å². The van der Waals surface area contributed by atoms with Gasteiger partial charge in [0.2, 0.25) is 0 Å². The summed E-state index contributed by atoms with van der Waals surface area (Å²) in [5.41, 5.74) is 0. The fourth-order valence-corrected chi connectivity index (χ4v) is 3.91. The van der Waals surface area contributed by atoms with Gasteiger partial charge in [0.15, 0.2) is 5.96 Å². The molecule has 1 aliphatic carbocycles. The molecule has 2 fully saturated rings. The predicted molar refractivity (Wildman–Crippen MR) is 105 cm³/mol. The number of ether oxygens (including phenoxy) is 1. The summed E-state index contributed by atoms with van der Waals surface area (Å²) in [4.78, 5) is 9.76. The van der Waals surface area contributed by atoms with Crippen molar-refractivity contribution in [2.45, 2.75) is 57.5 Å². The first-order chi connectivity index (χ1) is 12.2. The Kier molecular flexibility index (Phi) is 9.58. The van der Waals surface area contributed by atoms with Crippen molar-refractivity contribution in [1.29, 1.82) is 0 Å². The smallest absolute Gasteiger partial charge is 0.191 e. The first-order valence-corrected chi connectivity index (χ1v) is 10.2. The van der Waals surface area contributed by atoms with E-state index in [0.717, 1.165) is 51.2 Å². The molecular weight excluding hydrogens is 314 g/mol. The number of nitrogens with one attached hydrogen (secondary N) is 2. The highest BCUT2D eigenvalue weighted by Crippen LogP contribution is 2.26. The lowest BCUT2D eigenvalue weighted by molar-refractivity contribution is 0.161. The van der Waals surface area contributed by atoms with Gasteiger partial charge in [-0.25, -0.2) is 0 Å². The van der Waals surface area contributed by atoms with Crippen LogP contribution in [0.1, 0.15) is 45.4 Å². The zero-order valence-electron chi connectivity index (χ0n) is 16.6. The van der Waals surface area contributed by atoms with Gasteiger partial charge in [0.05, 0.1) is 6.61 Å². The van der Waals surface area contributed by atoms with Crippen molar-refractivity contribution < 1.29 is 4.74 Å². The van der Waals surface area contributed by atoms with Crippen molar-refractivity contribution >= 4 is 5.96 Å². The third-order valence-electron chi connectivity index (χ3n) is 5.39. The van der Waals surface area contributed by atoms with Gasteiger partial charge in [-0.2, -0.15) is 0 Å². The van der Waals surface area contributed by atoms with Crippen LogP contribution in [-0.2, 0) is 4.74 Å². The van der Waals surface area contributed by atoms with E-state index in [4.69, 9.17) is 9.73 Å². The molecule has 0 spiro atoms. The van der Waals surface area contributed by atoms with Crippen LogP contribution >= 0.6 is 0 Å². The van der Waals surface area contributed by atoms with E-state index in [1.807, 2.05) is 0 Å². The lowest BCUT2D eigenvalue weighted by Crippen LogP contribution is -2.45. The number of likely N-dealkylation sites (N-methyl/N-ethyl adjacent to an activating group) is 1. The molecule has 0 amide bonds. The molecular formula is C19H39N5O. The van der Waals surface area contributed by atoms with Crippen molar-refractivity contribution in [3.63, 3.8) is 0 Å². The van der Waals surface area contributed by atoms with Crippen LogP contribution in [0.15, 0.2) is 4.99 Å². The monoisotopic (exact) mass is 353 g/mol. The number of guanidine groups is 1. The number of nitrogens with zero attached hydrogens (tertiary/aromatic N) is 3. The van der Waals surface area contributed by atoms with Crippen LogP contribution in [0.25, 0.3) is 0 Å². The third-order valence-corrected chi connectivity index (χ3v) is 5.39. The Bertz CT molecular complexity index is 384. The Morgan fingerprint density at radius 3 is 2.76 bits per heavy atom. The van der Waals surface area contributed by atoms with Crippen LogP contribution in [0, 0.1) is 0 Å². The molecule has 25 heavy (non-hydrogen) atoms. The third kappa shape index (κ3) is 7.50. The largest absolute Gasteiger partial charge is 0.383 e. The summed E-state index contributed by atoms with van der Waals surface area (Å²) in [5, 5.41) is 7.06. The summed E-state index contributed by atoms with van der Waals surface area (Å²) >= 11 is 0. The normalized spacial score (nSPS) is 22.9. The van der Waals surface area contributed by atoms with Crippen LogP contribution in [0.3, 0.4) is 0 Å². The number of aliphatic imine (C=N–C) groups is 1. The summed E-state index contributed by atoms with van der Waals surface area (Å²) in [6.45, 7) is 9.17. The van der Waals surface area contributed by atoms with Gasteiger partial charge < -0.3 is 20.3 Å². The van der Waals surface area contributed by atoms with Gasteiger partial charge in [-0.3, -0.25) is 9.89 Å². The number of hydrogen-bond donors (Lipinski definition) is 2. The van der Waals surface area contributed by atoms with E-state index < -0.39 is 0 Å². The molecule has 0 aromatic rings. The first-order valence-electron chi connectivity index (χ1n) is 10.2. The Labute approximate surface area is 154 Å². The lowest BCUT2D eigenvalue weighted by Gasteiger charge is -2.24. The topological polar surface area (TPSA) is 52.1 Å². The van der Waals surface area contributed by atoms with Crippen molar-refractivity contribution in [2.75, 3.05) is 60.0 Å². The predicted octanol–water partition coefficient (Wildman–Crippen LogP) is 1.53. The van der Waals surface area contributed by atoms with Crippen LogP contribution in [0.2, 0.25) is 0 Å². The molecule has 6 heteroatoms. The minimum atomic E-state index is 0.544. The highest BCUT2D eigenvalue weighted by atomic mass is 16.5. The Hall–Kier alpha value is -0.850. The molecule has 1 atom stereocenters. The molecule has 0 aromatic carbocycles. The van der Waals surface area contributed by atoms with Gasteiger partial charge in [-0.1, -0.05) is 12.8 Å². The molecule has 6 nitrogen and oxygen atoms in total. The van der Waals surface area contributed by atoms with Gasteiger partial charge in [0.25, 0.3) is 0 Å². The first kappa shape index (κ1) is 20.5. The molecule has 0 aromatic heterocycles. The van der Waals surface area contributed by atoms with E-state index in [2.05, 4.69) is 34.4 Å². The van der Waals surface area contributed by atoms with Crippen molar-refractivity contribution in [1.82, 2.24) is 20.4 Å². The van der Waals surface area contributed by atoms with Gasteiger partial charge in [-0.15, -0.1) is 0 Å². The van der Waals surface area contributed by atoms with Crippen LogP contribution < -0.4 is 10.6 Å². The minimum absolute atomic E-state index is 0.544. The lowest BCUT2D eigenvalue weighted by atomic mass is 10.2. The minimum Gasteiger partial charge on any atom is -0.383 e. The summed E-state index contributed by atoms with van der Waals surface area (Å²) in [5.74, 6) is 0.986. The molecule has 2 aliphatic rings. The quantitative estimate of drug-likeness (QED) is 0.354. The van der Waals surface area contributed by atoms with E-state index in [9.17, 15) is 0 Å². The molecule has 1 saturated carbocycles. The van der Waals surface area contributed by atoms with E-state index in [1.54, 1.807) is 7.11 Å². The molecule has 2 N–H and O–H groups in total. The second-order valence-corrected chi connectivity index (χ2v) is 7.47. The van der Waals surface area contributed by atoms with Crippen LogP contribution in [-0.4, -0.2) is 87.9 Å². The SMILES string of the molecule is CCNC(=NCCCN(C)CCOC)NC1CCN(C2CCCC2)C1. The highest BCUT2D eigenvalue weighted by molar-refractivity contribution is 5.80. The van der Waals surface area contributed by atoms with Gasteiger partial charge in [0.1, 0.15) is 0 Å². The summed E-state index contributed by atoms with van der Waals surface area (Å²) < 4.78 is 5.12. The molecule has 1 saturated heterocycles. The second-order valence-electron chi connectivity index (χ2n) is 7.47. The van der Waals surface area contributed by atoms with Gasteiger partial charge in [-0.05, 0) is 46.2 Å². The average Bonchev–Trinajstić information content (AvgIpc) is 3.28. The Morgan fingerprint density at radius 1 is 1.24 bits per heavy atom. The molecule has 1 unspecified atom stereocenters. The van der Waals surface area contributed by atoms with E-state index in [0.29, 0.717) is 6.04 Å². The van der Waals surface area contributed by atoms with E-state index >= 15 is 0 Å². The summed E-state index contributed by atoms with van der Waals surface area (Å²) in [6, 6.07) is 1.39. The van der Waals surface area contributed by atoms with E-state index in [1.165, 1.54) is 45.2 Å². The van der Waals surface area contributed by atoms with Crippen molar-refractivity contribution in [3.05, 3.63) is 0 Å². The van der Waals surface area contributed by atoms with Gasteiger partial charge >= 0.3 is 0 Å². The maximum absolute atomic E-state index is 5.12. The standard InChI is InChI=1S/C19H39N5O/c1-4-20-19(21-11-7-12-23(2)14-15-25-3)22-17-10-13-24(16-17)18-8-5-6-9-18/h17-18H,4-16H2,1-3H3,(H2,20,21,22). The van der Waals surface area contributed by atoms with Crippen molar-refractivity contribution in [3.8, 4) is 0 Å². The summed E-state index contributed by atoms with van der Waals surface area (Å²) in [7, 11) is 3.89. The molecule has 0 bridgehead atoms. The molecule has 0 radical (unpaired) electrons. The fraction of sp³-hybridized carbons (Fsp3) is 0.947. The Morgan fingerprint density at radius 2 is 2.04 bits per heavy atom. The van der Waals surface area contributed by atoms with Crippen molar-refractivity contribution in [2.24, 2.45) is 4.99 Å². The maximum Gasteiger partial charge on any atom is 0.191 e. The zero-order valence-corrected chi connectivity index (χ0v) is 16.6. The number of hydrogen-bond acceptors (Lipinski definition) is 4. The zero-order chi connectivity index (χ0) is 17.9. The van der Waals surface area contributed by atoms with E-state index in [-0.39, 0.29) is 0 Å². The number of likely N-dealkylation sites (tertiary alicyclic amines) is 1. The highest BCUT2D eigenvalue weighted by Gasteiger charge is 2.30.